The minimum Gasteiger partial charge on any atom is -0.448 e. The maximum atomic E-state index is 12.9. The number of imidazole rings is 1. The fraction of sp³-hybridized carbons (Fsp3) is 0.154. The molecule has 6 nitrogen and oxygen atoms in total. The third kappa shape index (κ3) is 2.82. The normalized spacial score (nSPS) is 11.9. The molecule has 0 radical (unpaired) electrons. The van der Waals surface area contributed by atoms with E-state index >= 15 is 0 Å². The van der Waals surface area contributed by atoms with Crippen LogP contribution in [0.4, 0.5) is 4.39 Å². The molecule has 1 amide bonds. The lowest BCUT2D eigenvalue weighted by Gasteiger charge is -2.11. The Balaban J connectivity index is 2.26. The quantitative estimate of drug-likeness (QED) is 0.846. The number of benzene rings is 1. The Hall–Kier alpha value is -2.70. The lowest BCUT2D eigenvalue weighted by Crippen LogP contribution is -2.31. The Labute approximate surface area is 114 Å². The van der Waals surface area contributed by atoms with Crippen molar-refractivity contribution in [3.63, 3.8) is 0 Å². The smallest absolute Gasteiger partial charge is 0.357 e. The number of nitrogens with zero attached hydrogens (tertiary/aromatic N) is 2. The maximum Gasteiger partial charge on any atom is 0.357 e. The molecule has 20 heavy (non-hydrogen) atoms. The van der Waals surface area contributed by atoms with Crippen LogP contribution in [0.15, 0.2) is 36.8 Å². The van der Waals surface area contributed by atoms with Gasteiger partial charge in [-0.3, -0.25) is 9.36 Å². The monoisotopic (exact) mass is 277 g/mol. The summed E-state index contributed by atoms with van der Waals surface area (Å²) in [5, 5.41) is 0. The zero-order valence-electron chi connectivity index (χ0n) is 10.6. The zero-order valence-corrected chi connectivity index (χ0v) is 10.6. The van der Waals surface area contributed by atoms with E-state index in [1.807, 2.05) is 0 Å². The number of carbonyl (C=O) groups excluding carboxylic acids is 2. The Kier molecular flexibility index (Phi) is 3.79. The van der Waals surface area contributed by atoms with Gasteiger partial charge in [-0.15, -0.1) is 0 Å². The molecular formula is C13H12FN3O3. The van der Waals surface area contributed by atoms with Gasteiger partial charge in [0.2, 0.25) is 0 Å². The maximum absolute atomic E-state index is 12.9. The van der Waals surface area contributed by atoms with E-state index < -0.39 is 18.0 Å². The number of nitrogens with two attached hydrogens (primary N) is 1. The Bertz CT molecular complexity index is 637. The summed E-state index contributed by atoms with van der Waals surface area (Å²) < 4.78 is 19.2. The third-order valence-electron chi connectivity index (χ3n) is 2.64. The molecule has 0 bridgehead atoms. The first kappa shape index (κ1) is 13.7. The predicted octanol–water partition coefficient (Wildman–Crippen LogP) is 1.04. The van der Waals surface area contributed by atoms with Crippen molar-refractivity contribution in [1.82, 2.24) is 9.55 Å². The molecule has 0 aliphatic carbocycles. The molecule has 0 spiro atoms. The molecule has 0 fully saturated rings. The van der Waals surface area contributed by atoms with Crippen molar-refractivity contribution in [2.24, 2.45) is 5.73 Å². The zero-order chi connectivity index (χ0) is 14.7. The highest BCUT2D eigenvalue weighted by molar-refractivity contribution is 5.90. The molecule has 0 unspecified atom stereocenters. The number of aromatic nitrogens is 2. The van der Waals surface area contributed by atoms with E-state index in [-0.39, 0.29) is 11.5 Å². The minimum atomic E-state index is -1.04. The molecule has 1 atom stereocenters. The van der Waals surface area contributed by atoms with Gasteiger partial charge in [0.1, 0.15) is 5.82 Å². The van der Waals surface area contributed by atoms with Crippen LogP contribution in [-0.4, -0.2) is 27.5 Å². The fourth-order valence-electron chi connectivity index (χ4n) is 1.53. The van der Waals surface area contributed by atoms with Gasteiger partial charge >= 0.3 is 5.97 Å². The summed E-state index contributed by atoms with van der Waals surface area (Å²) in [6, 6.07) is 5.50. The van der Waals surface area contributed by atoms with Gasteiger partial charge in [0.15, 0.2) is 11.8 Å². The molecule has 7 heteroatoms. The van der Waals surface area contributed by atoms with Crippen LogP contribution in [0.25, 0.3) is 5.69 Å². The molecular weight excluding hydrogens is 265 g/mol. The van der Waals surface area contributed by atoms with E-state index in [0.29, 0.717) is 5.69 Å². The molecule has 0 saturated heterocycles. The van der Waals surface area contributed by atoms with E-state index in [9.17, 15) is 14.0 Å². The Morgan fingerprint density at radius 1 is 1.35 bits per heavy atom. The number of carbonyl (C=O) groups is 2. The second kappa shape index (κ2) is 5.52. The first-order valence-electron chi connectivity index (χ1n) is 5.77. The van der Waals surface area contributed by atoms with E-state index in [1.165, 1.54) is 48.3 Å². The summed E-state index contributed by atoms with van der Waals surface area (Å²) in [6.45, 7) is 1.37. The van der Waals surface area contributed by atoms with Gasteiger partial charge in [-0.2, -0.15) is 0 Å². The summed E-state index contributed by atoms with van der Waals surface area (Å²) in [5.74, 6) is -1.87. The van der Waals surface area contributed by atoms with Crippen LogP contribution in [0.1, 0.15) is 17.4 Å². The SMILES string of the molecule is C[C@H](OC(=O)c1cncn1-c1ccc(F)cc1)C(N)=O. The summed E-state index contributed by atoms with van der Waals surface area (Å²) in [7, 11) is 0. The van der Waals surface area contributed by atoms with Crippen LogP contribution < -0.4 is 5.73 Å². The lowest BCUT2D eigenvalue weighted by atomic mass is 10.3. The van der Waals surface area contributed by atoms with Crippen molar-refractivity contribution >= 4 is 11.9 Å². The highest BCUT2D eigenvalue weighted by Crippen LogP contribution is 2.13. The molecule has 1 aromatic carbocycles. The number of primary amides is 1. The second-order valence-electron chi connectivity index (χ2n) is 4.08. The number of hydrogen-bond acceptors (Lipinski definition) is 4. The van der Waals surface area contributed by atoms with Gasteiger partial charge < -0.3 is 10.5 Å². The molecule has 0 aliphatic rings. The standard InChI is InChI=1S/C13H12FN3O3/c1-8(12(15)18)20-13(19)11-6-16-7-17(11)10-4-2-9(14)3-5-10/h2-8H,1H3,(H2,15,18)/t8-/m0/s1. The lowest BCUT2D eigenvalue weighted by molar-refractivity contribution is -0.125. The third-order valence-corrected chi connectivity index (χ3v) is 2.64. The van der Waals surface area contributed by atoms with Gasteiger partial charge in [-0.1, -0.05) is 0 Å². The molecule has 104 valence electrons. The van der Waals surface area contributed by atoms with Crippen LogP contribution in [0, 0.1) is 5.82 Å². The van der Waals surface area contributed by atoms with E-state index in [4.69, 9.17) is 10.5 Å². The van der Waals surface area contributed by atoms with Crippen molar-refractivity contribution in [2.45, 2.75) is 13.0 Å². The highest BCUT2D eigenvalue weighted by Gasteiger charge is 2.20. The van der Waals surface area contributed by atoms with Gasteiger partial charge in [-0.25, -0.2) is 14.2 Å². The minimum absolute atomic E-state index is 0.115. The number of rotatable bonds is 4. The van der Waals surface area contributed by atoms with Crippen molar-refractivity contribution in [3.8, 4) is 5.69 Å². The van der Waals surface area contributed by atoms with Gasteiger partial charge in [0, 0.05) is 5.69 Å². The van der Waals surface area contributed by atoms with Crippen LogP contribution in [0.5, 0.6) is 0 Å². The number of ether oxygens (including phenoxy) is 1. The Morgan fingerprint density at radius 2 is 2.00 bits per heavy atom. The highest BCUT2D eigenvalue weighted by atomic mass is 19.1. The topological polar surface area (TPSA) is 87.2 Å². The molecule has 0 aliphatic heterocycles. The molecule has 2 aromatic rings. The first-order chi connectivity index (χ1) is 9.49. The van der Waals surface area contributed by atoms with E-state index in [2.05, 4.69) is 4.98 Å². The van der Waals surface area contributed by atoms with Crippen LogP contribution in [0.2, 0.25) is 0 Å². The van der Waals surface area contributed by atoms with Crippen molar-refractivity contribution < 1.29 is 18.7 Å². The summed E-state index contributed by atoms with van der Waals surface area (Å²) in [4.78, 5) is 26.6. The van der Waals surface area contributed by atoms with Gasteiger partial charge in [-0.05, 0) is 31.2 Å². The van der Waals surface area contributed by atoms with Crippen molar-refractivity contribution in [2.75, 3.05) is 0 Å². The number of amides is 1. The van der Waals surface area contributed by atoms with Crippen LogP contribution in [0.3, 0.4) is 0 Å². The molecule has 1 aromatic heterocycles. The summed E-state index contributed by atoms with van der Waals surface area (Å²) >= 11 is 0. The largest absolute Gasteiger partial charge is 0.448 e. The number of hydrogen-bond donors (Lipinski definition) is 1. The van der Waals surface area contributed by atoms with Crippen molar-refractivity contribution in [1.29, 1.82) is 0 Å². The molecule has 0 saturated carbocycles. The number of esters is 1. The second-order valence-corrected chi connectivity index (χ2v) is 4.08. The van der Waals surface area contributed by atoms with Crippen LogP contribution >= 0.6 is 0 Å². The summed E-state index contributed by atoms with van der Waals surface area (Å²) in [6.07, 6.45) is 1.64. The van der Waals surface area contributed by atoms with Gasteiger partial charge in [0.05, 0.1) is 12.5 Å². The Morgan fingerprint density at radius 3 is 2.60 bits per heavy atom. The van der Waals surface area contributed by atoms with E-state index in [0.717, 1.165) is 0 Å². The molecule has 1 heterocycles. The van der Waals surface area contributed by atoms with E-state index in [1.54, 1.807) is 0 Å². The molecule has 2 rings (SSSR count). The van der Waals surface area contributed by atoms with Crippen molar-refractivity contribution in [3.05, 3.63) is 48.3 Å². The number of halogens is 1. The fourth-order valence-corrected chi connectivity index (χ4v) is 1.53. The summed E-state index contributed by atoms with van der Waals surface area (Å²) in [5.41, 5.74) is 5.68. The van der Waals surface area contributed by atoms with Crippen LogP contribution in [-0.2, 0) is 9.53 Å². The average Bonchev–Trinajstić information content (AvgIpc) is 2.88. The molecule has 2 N–H and O–H groups in total. The predicted molar refractivity (Wildman–Crippen MR) is 67.6 cm³/mol. The first-order valence-corrected chi connectivity index (χ1v) is 5.77. The average molecular weight is 277 g/mol. The van der Waals surface area contributed by atoms with Gasteiger partial charge in [0.25, 0.3) is 5.91 Å².